The van der Waals surface area contributed by atoms with Crippen molar-refractivity contribution in [3.05, 3.63) is 0 Å². The highest BCUT2D eigenvalue weighted by atomic mass is 79.9. The summed E-state index contributed by atoms with van der Waals surface area (Å²) in [4.78, 5) is 0.259. The van der Waals surface area contributed by atoms with Crippen LogP contribution in [-0.2, 0) is 0 Å². The molecule has 1 nitrogen and oxygen atoms in total. The first-order chi connectivity index (χ1) is 3.98. The van der Waals surface area contributed by atoms with E-state index >= 15 is 0 Å². The average Bonchev–Trinajstić information content (AvgIpc) is 1.64. The number of aliphatic hydroxyl groups is 1. The summed E-state index contributed by atoms with van der Waals surface area (Å²) in [5, 5.41) is 8.53. The molecule has 4 heteroatoms. The van der Waals surface area contributed by atoms with Crippen LogP contribution in [0.3, 0.4) is 0 Å². The molecule has 0 bridgehead atoms. The smallest absolute Gasteiger partial charge is 0.0902 e. The monoisotopic (exact) mass is 322 g/mol. The summed E-state index contributed by atoms with van der Waals surface area (Å²) in [5.74, 6) is 0. The lowest BCUT2D eigenvalue weighted by atomic mass is 10.3. The lowest BCUT2D eigenvalue weighted by Crippen LogP contribution is -2.21. The lowest BCUT2D eigenvalue weighted by molar-refractivity contribution is 0.287. The van der Waals surface area contributed by atoms with E-state index in [2.05, 4.69) is 47.8 Å². The minimum atomic E-state index is -0.108. The van der Waals surface area contributed by atoms with Crippen molar-refractivity contribution in [2.24, 2.45) is 0 Å². The maximum atomic E-state index is 8.53. The molecule has 0 aromatic rings. The molecule has 0 aliphatic carbocycles. The van der Waals surface area contributed by atoms with Crippen LogP contribution in [0.4, 0.5) is 0 Å². The van der Waals surface area contributed by atoms with Gasteiger partial charge in [0, 0.05) is 11.4 Å². The van der Waals surface area contributed by atoms with E-state index in [1.165, 1.54) is 0 Å². The third-order valence-electron chi connectivity index (χ3n) is 0.933. The van der Waals surface area contributed by atoms with Gasteiger partial charge in [-0.1, -0.05) is 47.8 Å². The molecule has 1 atom stereocenters. The normalized spacial score (nSPS) is 15.7. The van der Waals surface area contributed by atoms with Gasteiger partial charge >= 0.3 is 0 Å². The molecule has 0 fully saturated rings. The predicted octanol–water partition coefficient (Wildman–Crippen LogP) is 2.64. The largest absolute Gasteiger partial charge is 0.396 e. The van der Waals surface area contributed by atoms with Gasteiger partial charge in [-0.3, -0.25) is 0 Å². The van der Waals surface area contributed by atoms with Crippen molar-refractivity contribution < 1.29 is 5.11 Å². The number of aliphatic hydroxyl groups excluding tert-OH is 1. The Morgan fingerprint density at radius 1 is 1.56 bits per heavy atom. The summed E-state index contributed by atoms with van der Waals surface area (Å²) in [6, 6.07) is 0. The second-order valence-electron chi connectivity index (χ2n) is 1.94. The molecular formula is C5H9Br3O. The third kappa shape index (κ3) is 4.76. The number of hydrogen-bond acceptors (Lipinski definition) is 1. The van der Waals surface area contributed by atoms with Gasteiger partial charge < -0.3 is 5.11 Å². The number of alkyl halides is 3. The van der Waals surface area contributed by atoms with Crippen molar-refractivity contribution >= 4 is 47.8 Å². The average molecular weight is 325 g/mol. The molecule has 0 aliphatic rings. The molecule has 0 aromatic carbocycles. The van der Waals surface area contributed by atoms with Crippen LogP contribution in [0.2, 0.25) is 0 Å². The maximum absolute atomic E-state index is 8.53. The minimum absolute atomic E-state index is 0.108. The Balaban J connectivity index is 3.59. The highest BCUT2D eigenvalue weighted by Crippen LogP contribution is 2.35. The van der Waals surface area contributed by atoms with Gasteiger partial charge in [0.1, 0.15) is 0 Å². The highest BCUT2D eigenvalue weighted by molar-refractivity contribution is 9.26. The zero-order valence-corrected chi connectivity index (χ0v) is 9.83. The van der Waals surface area contributed by atoms with Crippen LogP contribution in [0.1, 0.15) is 13.3 Å². The molecule has 56 valence electrons. The topological polar surface area (TPSA) is 20.2 Å². The molecule has 0 amide bonds. The molecule has 1 unspecified atom stereocenters. The van der Waals surface area contributed by atoms with Crippen molar-refractivity contribution in [1.82, 2.24) is 0 Å². The summed E-state index contributed by atoms with van der Waals surface area (Å²) in [7, 11) is 0. The minimum Gasteiger partial charge on any atom is -0.396 e. The Morgan fingerprint density at radius 3 is 2.11 bits per heavy atom. The van der Waals surface area contributed by atoms with E-state index in [9.17, 15) is 0 Å². The zero-order chi connectivity index (χ0) is 7.49. The fourth-order valence-electron chi connectivity index (χ4n) is 0.367. The van der Waals surface area contributed by atoms with E-state index in [1.54, 1.807) is 0 Å². The number of hydrogen-bond donors (Lipinski definition) is 1. The van der Waals surface area contributed by atoms with Crippen molar-refractivity contribution in [2.75, 3.05) is 6.61 Å². The number of rotatable bonds is 3. The van der Waals surface area contributed by atoms with E-state index < -0.39 is 0 Å². The Kier molecular flexibility index (Phi) is 4.98. The van der Waals surface area contributed by atoms with Gasteiger partial charge in [-0.15, -0.1) is 0 Å². The van der Waals surface area contributed by atoms with Crippen molar-refractivity contribution in [3.8, 4) is 0 Å². The Labute approximate surface area is 80.6 Å². The summed E-state index contributed by atoms with van der Waals surface area (Å²) >= 11 is 10.2. The Hall–Kier alpha value is 1.40. The fraction of sp³-hybridized carbons (Fsp3) is 1.00. The first kappa shape index (κ1) is 10.4. The van der Waals surface area contributed by atoms with Crippen LogP contribution in [0.5, 0.6) is 0 Å². The van der Waals surface area contributed by atoms with Gasteiger partial charge in [0.15, 0.2) is 0 Å². The molecule has 0 saturated carbocycles. The summed E-state index contributed by atoms with van der Waals surface area (Å²) in [5.41, 5.74) is 0. The van der Waals surface area contributed by atoms with Crippen LogP contribution >= 0.6 is 47.8 Å². The molecule has 0 aromatic heterocycles. The van der Waals surface area contributed by atoms with E-state index in [1.807, 2.05) is 6.92 Å². The number of halogens is 3. The molecule has 0 saturated heterocycles. The van der Waals surface area contributed by atoms with Crippen molar-refractivity contribution in [3.63, 3.8) is 0 Å². The molecule has 9 heavy (non-hydrogen) atoms. The predicted molar refractivity (Wildman–Crippen MR) is 50.7 cm³/mol. The fourth-order valence-corrected chi connectivity index (χ4v) is 1.03. The van der Waals surface area contributed by atoms with E-state index in [0.29, 0.717) is 0 Å². The van der Waals surface area contributed by atoms with Crippen molar-refractivity contribution in [1.29, 1.82) is 0 Å². The van der Waals surface area contributed by atoms with Crippen molar-refractivity contribution in [2.45, 2.75) is 21.4 Å². The first-order valence-electron chi connectivity index (χ1n) is 2.61. The summed E-state index contributed by atoms with van der Waals surface area (Å²) in [6.45, 7) is 2.20. The molecule has 1 N–H and O–H groups in total. The van der Waals surface area contributed by atoms with Gasteiger partial charge in [0.05, 0.1) is 3.23 Å². The van der Waals surface area contributed by atoms with E-state index in [-0.39, 0.29) is 14.7 Å². The highest BCUT2D eigenvalue weighted by Gasteiger charge is 2.24. The second kappa shape index (κ2) is 4.31. The third-order valence-corrected chi connectivity index (χ3v) is 4.64. The van der Waals surface area contributed by atoms with Crippen LogP contribution < -0.4 is 0 Å². The summed E-state index contributed by atoms with van der Waals surface area (Å²) < 4.78 is -0.108. The van der Waals surface area contributed by atoms with Crippen LogP contribution in [-0.4, -0.2) is 19.8 Å². The van der Waals surface area contributed by atoms with Crippen LogP contribution in [0, 0.1) is 0 Å². The Morgan fingerprint density at radius 2 is 2.00 bits per heavy atom. The SMILES string of the molecule is CC(Br)(Br)C(Br)CCO. The van der Waals surface area contributed by atoms with Gasteiger partial charge in [-0.25, -0.2) is 0 Å². The molecule has 0 spiro atoms. The molecular weight excluding hydrogens is 316 g/mol. The molecule has 0 radical (unpaired) electrons. The van der Waals surface area contributed by atoms with Gasteiger partial charge in [0.2, 0.25) is 0 Å². The molecule has 0 aliphatic heterocycles. The standard InChI is InChI=1S/C5H9Br3O/c1-5(7,8)4(6)2-3-9/h4,9H,2-3H2,1H3. The molecule has 0 heterocycles. The van der Waals surface area contributed by atoms with E-state index in [0.717, 1.165) is 6.42 Å². The second-order valence-corrected chi connectivity index (χ2v) is 7.40. The van der Waals surface area contributed by atoms with Gasteiger partial charge in [-0.05, 0) is 13.3 Å². The van der Waals surface area contributed by atoms with Crippen LogP contribution in [0.15, 0.2) is 0 Å². The summed E-state index contributed by atoms with van der Waals surface area (Å²) in [6.07, 6.45) is 0.743. The van der Waals surface area contributed by atoms with Crippen LogP contribution in [0.25, 0.3) is 0 Å². The van der Waals surface area contributed by atoms with E-state index in [4.69, 9.17) is 5.11 Å². The Bertz CT molecular complexity index is 78.8. The maximum Gasteiger partial charge on any atom is 0.0902 e. The zero-order valence-electron chi connectivity index (χ0n) is 5.07. The lowest BCUT2D eigenvalue weighted by Gasteiger charge is -2.20. The molecule has 0 rings (SSSR count). The van der Waals surface area contributed by atoms with Gasteiger partial charge in [0.25, 0.3) is 0 Å². The van der Waals surface area contributed by atoms with Gasteiger partial charge in [-0.2, -0.15) is 0 Å². The quantitative estimate of drug-likeness (QED) is 0.791. The first-order valence-corrected chi connectivity index (χ1v) is 5.11.